The molecular weight excluding hydrogens is 280 g/mol. The molecule has 2 heterocycles. The molecule has 1 N–H and O–H groups in total. The summed E-state index contributed by atoms with van der Waals surface area (Å²) in [7, 11) is 0. The molecule has 3 unspecified atom stereocenters. The average Bonchev–Trinajstić information content (AvgIpc) is 3.09. The predicted octanol–water partition coefficient (Wildman–Crippen LogP) is 1.90. The van der Waals surface area contributed by atoms with Gasteiger partial charge in [0.15, 0.2) is 0 Å². The van der Waals surface area contributed by atoms with Gasteiger partial charge < -0.3 is 14.9 Å². The van der Waals surface area contributed by atoms with Crippen LogP contribution in [0.4, 0.5) is 5.69 Å². The van der Waals surface area contributed by atoms with Crippen LogP contribution >= 0.6 is 0 Å². The van der Waals surface area contributed by atoms with Crippen molar-refractivity contribution in [3.05, 3.63) is 29.8 Å². The number of fused-ring (bicyclic) bond motifs is 1. The van der Waals surface area contributed by atoms with Gasteiger partial charge in [0.05, 0.1) is 0 Å². The summed E-state index contributed by atoms with van der Waals surface area (Å²) in [4.78, 5) is 27.8. The molecule has 1 saturated heterocycles. The van der Waals surface area contributed by atoms with Crippen LogP contribution in [0.3, 0.4) is 0 Å². The van der Waals surface area contributed by atoms with E-state index in [4.69, 9.17) is 0 Å². The van der Waals surface area contributed by atoms with Gasteiger partial charge in [-0.2, -0.15) is 0 Å². The maximum Gasteiger partial charge on any atom is 0.326 e. The van der Waals surface area contributed by atoms with Crippen molar-refractivity contribution in [3.8, 4) is 0 Å². The molecule has 22 heavy (non-hydrogen) atoms. The Hall–Kier alpha value is -2.04. The molecule has 1 aromatic carbocycles. The fourth-order valence-corrected chi connectivity index (χ4v) is 3.83. The molecule has 3 rings (SSSR count). The summed E-state index contributed by atoms with van der Waals surface area (Å²) in [6, 6.07) is 7.39. The minimum absolute atomic E-state index is 0.0755. The van der Waals surface area contributed by atoms with Gasteiger partial charge in [-0.25, -0.2) is 4.79 Å². The number of carbonyl (C=O) groups excluding carboxylic acids is 1. The minimum atomic E-state index is -0.895. The summed E-state index contributed by atoms with van der Waals surface area (Å²) in [5.41, 5.74) is 2.35. The fourth-order valence-electron chi connectivity index (χ4n) is 3.83. The lowest BCUT2D eigenvalue weighted by Crippen LogP contribution is -2.52. The van der Waals surface area contributed by atoms with E-state index >= 15 is 0 Å². The topological polar surface area (TPSA) is 60.9 Å². The van der Waals surface area contributed by atoms with Crippen LogP contribution in [0.15, 0.2) is 24.3 Å². The number of likely N-dealkylation sites (tertiary alicyclic amines) is 1. The number of aliphatic carboxylic acids is 1. The molecule has 0 radical (unpaired) electrons. The number of nitrogens with zero attached hydrogens (tertiary/aromatic N) is 2. The molecule has 1 aromatic rings. The molecule has 5 heteroatoms. The number of amides is 1. The van der Waals surface area contributed by atoms with E-state index in [1.807, 2.05) is 25.1 Å². The van der Waals surface area contributed by atoms with Crippen LogP contribution in [0.25, 0.3) is 0 Å². The highest BCUT2D eigenvalue weighted by molar-refractivity contribution is 5.90. The monoisotopic (exact) mass is 302 g/mol. The summed E-state index contributed by atoms with van der Waals surface area (Å²) in [5.74, 6) is -0.971. The summed E-state index contributed by atoms with van der Waals surface area (Å²) in [6.07, 6.45) is 2.25. The number of para-hydroxylation sites is 1. The van der Waals surface area contributed by atoms with Crippen LogP contribution in [0.1, 0.15) is 32.3 Å². The number of rotatable bonds is 3. The second-order valence-electron chi connectivity index (χ2n) is 6.29. The predicted molar refractivity (Wildman–Crippen MR) is 83.9 cm³/mol. The van der Waals surface area contributed by atoms with Gasteiger partial charge in [0.25, 0.3) is 0 Å². The number of hydrogen-bond donors (Lipinski definition) is 1. The first kappa shape index (κ1) is 14.9. The van der Waals surface area contributed by atoms with Gasteiger partial charge >= 0.3 is 5.97 Å². The Balaban J connectivity index is 1.83. The molecule has 2 aliphatic rings. The Labute approximate surface area is 130 Å². The Kier molecular flexibility index (Phi) is 3.81. The molecule has 5 nitrogen and oxygen atoms in total. The first-order valence-electron chi connectivity index (χ1n) is 7.90. The van der Waals surface area contributed by atoms with Crippen LogP contribution in [0, 0.1) is 0 Å². The summed E-state index contributed by atoms with van der Waals surface area (Å²) in [6.45, 7) is 4.55. The number of hydrogen-bond acceptors (Lipinski definition) is 3. The van der Waals surface area contributed by atoms with Crippen LogP contribution in [-0.2, 0) is 16.0 Å². The molecule has 0 spiro atoms. The highest BCUT2D eigenvalue weighted by Gasteiger charge is 2.40. The van der Waals surface area contributed by atoms with Crippen molar-refractivity contribution in [3.63, 3.8) is 0 Å². The van der Waals surface area contributed by atoms with Crippen molar-refractivity contribution in [2.75, 3.05) is 11.4 Å². The van der Waals surface area contributed by atoms with Gasteiger partial charge in [-0.15, -0.1) is 0 Å². The van der Waals surface area contributed by atoms with E-state index in [9.17, 15) is 14.7 Å². The van der Waals surface area contributed by atoms with Crippen molar-refractivity contribution >= 4 is 17.6 Å². The third-order valence-corrected chi connectivity index (χ3v) is 4.86. The summed E-state index contributed by atoms with van der Waals surface area (Å²) in [5, 5.41) is 9.28. The number of benzene rings is 1. The highest BCUT2D eigenvalue weighted by Crippen LogP contribution is 2.34. The third kappa shape index (κ3) is 2.34. The zero-order valence-corrected chi connectivity index (χ0v) is 13.0. The highest BCUT2D eigenvalue weighted by atomic mass is 16.4. The SMILES string of the molecule is CC1Cc2ccccc2N1C(C)C(=O)N1CCCC1C(=O)O. The van der Waals surface area contributed by atoms with Gasteiger partial charge in [-0.05, 0) is 44.7 Å². The van der Waals surface area contributed by atoms with Crippen molar-refractivity contribution in [1.82, 2.24) is 4.90 Å². The second kappa shape index (κ2) is 5.63. The van der Waals surface area contributed by atoms with Crippen LogP contribution in [0.2, 0.25) is 0 Å². The molecule has 0 aromatic heterocycles. The largest absolute Gasteiger partial charge is 0.480 e. The Morgan fingerprint density at radius 3 is 2.77 bits per heavy atom. The fraction of sp³-hybridized carbons (Fsp3) is 0.529. The molecule has 0 bridgehead atoms. The molecule has 1 amide bonds. The molecule has 0 saturated carbocycles. The Bertz CT molecular complexity index is 601. The van der Waals surface area contributed by atoms with Crippen molar-refractivity contribution in [2.45, 2.75) is 51.2 Å². The lowest BCUT2D eigenvalue weighted by Gasteiger charge is -2.34. The minimum Gasteiger partial charge on any atom is -0.480 e. The molecule has 3 atom stereocenters. The first-order valence-corrected chi connectivity index (χ1v) is 7.90. The van der Waals surface area contributed by atoms with E-state index in [0.717, 1.165) is 18.5 Å². The van der Waals surface area contributed by atoms with Crippen LogP contribution in [0.5, 0.6) is 0 Å². The van der Waals surface area contributed by atoms with Crippen LogP contribution < -0.4 is 4.90 Å². The van der Waals surface area contributed by atoms with Crippen molar-refractivity contribution in [1.29, 1.82) is 0 Å². The number of anilines is 1. The molecular formula is C17H22N2O3. The number of carbonyl (C=O) groups is 2. The van der Waals surface area contributed by atoms with E-state index in [2.05, 4.69) is 17.9 Å². The van der Waals surface area contributed by atoms with E-state index in [0.29, 0.717) is 13.0 Å². The Morgan fingerprint density at radius 1 is 1.32 bits per heavy atom. The Morgan fingerprint density at radius 2 is 2.05 bits per heavy atom. The lowest BCUT2D eigenvalue weighted by molar-refractivity contribution is -0.148. The molecule has 118 valence electrons. The van der Waals surface area contributed by atoms with E-state index in [1.165, 1.54) is 5.56 Å². The summed E-state index contributed by atoms with van der Waals surface area (Å²) < 4.78 is 0. The van der Waals surface area contributed by atoms with Gasteiger partial charge in [0.1, 0.15) is 12.1 Å². The standard InChI is InChI=1S/C17H22N2O3/c1-11-10-13-6-3-4-7-14(13)19(11)12(2)16(20)18-9-5-8-15(18)17(21)22/h3-4,6-7,11-12,15H,5,8-10H2,1-2H3,(H,21,22). The maximum atomic E-state index is 12.8. The van der Waals surface area contributed by atoms with Gasteiger partial charge in [0.2, 0.25) is 5.91 Å². The van der Waals surface area contributed by atoms with Gasteiger partial charge in [-0.3, -0.25) is 4.79 Å². The second-order valence-corrected chi connectivity index (χ2v) is 6.29. The first-order chi connectivity index (χ1) is 10.5. The van der Waals surface area contributed by atoms with Crippen molar-refractivity contribution in [2.24, 2.45) is 0 Å². The van der Waals surface area contributed by atoms with Gasteiger partial charge in [-0.1, -0.05) is 18.2 Å². The zero-order valence-electron chi connectivity index (χ0n) is 13.0. The van der Waals surface area contributed by atoms with E-state index < -0.39 is 12.0 Å². The maximum absolute atomic E-state index is 12.8. The number of carboxylic acid groups (broad SMARTS) is 1. The smallest absolute Gasteiger partial charge is 0.326 e. The average molecular weight is 302 g/mol. The third-order valence-electron chi connectivity index (χ3n) is 4.86. The molecule has 2 aliphatic heterocycles. The normalized spacial score (nSPS) is 25.2. The van der Waals surface area contributed by atoms with Crippen molar-refractivity contribution < 1.29 is 14.7 Å². The zero-order chi connectivity index (χ0) is 15.9. The summed E-state index contributed by atoms with van der Waals surface area (Å²) >= 11 is 0. The quantitative estimate of drug-likeness (QED) is 0.926. The van der Waals surface area contributed by atoms with E-state index in [1.54, 1.807) is 4.90 Å². The molecule has 0 aliphatic carbocycles. The van der Waals surface area contributed by atoms with Crippen LogP contribution in [-0.4, -0.2) is 46.6 Å². The lowest BCUT2D eigenvalue weighted by atomic mass is 10.1. The van der Waals surface area contributed by atoms with Gasteiger partial charge in [0, 0.05) is 18.3 Å². The number of carboxylic acids is 1. The molecule has 1 fully saturated rings. The van der Waals surface area contributed by atoms with E-state index in [-0.39, 0.29) is 18.0 Å².